The Balaban J connectivity index is 1.91. The Morgan fingerprint density at radius 3 is 2.67 bits per heavy atom. The summed E-state index contributed by atoms with van der Waals surface area (Å²) < 4.78 is 5.51. The van der Waals surface area contributed by atoms with E-state index in [1.165, 1.54) is 18.4 Å². The zero-order valence-electron chi connectivity index (χ0n) is 18.9. The van der Waals surface area contributed by atoms with E-state index in [2.05, 4.69) is 49.4 Å². The minimum Gasteiger partial charge on any atom is -0.537 e. The van der Waals surface area contributed by atoms with Gasteiger partial charge in [-0.3, -0.25) is 4.99 Å². The highest BCUT2D eigenvalue weighted by Crippen LogP contribution is 2.35. The number of piperidine rings is 1. The molecule has 6 nitrogen and oxygen atoms in total. The molecule has 2 rings (SSSR count). The average molecular weight is 413 g/mol. The number of likely N-dealkylation sites (tertiary alicyclic amines) is 1. The molecule has 0 bridgehead atoms. The van der Waals surface area contributed by atoms with Crippen molar-refractivity contribution >= 4 is 13.5 Å². The van der Waals surface area contributed by atoms with Gasteiger partial charge in [0.2, 0.25) is 0 Å². The second-order valence-corrected chi connectivity index (χ2v) is 8.51. The fourth-order valence-corrected chi connectivity index (χ4v) is 4.07. The summed E-state index contributed by atoms with van der Waals surface area (Å²) in [5.74, 6) is 2.52. The van der Waals surface area contributed by atoms with Crippen molar-refractivity contribution in [1.82, 2.24) is 4.90 Å². The summed E-state index contributed by atoms with van der Waals surface area (Å²) in [6.45, 7) is 13.6. The van der Waals surface area contributed by atoms with E-state index in [1.54, 1.807) is 0 Å². The van der Waals surface area contributed by atoms with Gasteiger partial charge < -0.3 is 26.0 Å². The number of nitrogens with zero attached hydrogens (tertiary/aromatic N) is 2. The molecule has 1 heterocycles. The van der Waals surface area contributed by atoms with E-state index >= 15 is 0 Å². The monoisotopic (exact) mass is 413 g/mol. The number of benzene rings is 1. The molecule has 30 heavy (non-hydrogen) atoms. The smallest absolute Gasteiger partial charge is 0.537 e. The van der Waals surface area contributed by atoms with Gasteiger partial charge in [-0.2, -0.15) is 0 Å². The Bertz CT molecular complexity index is 730. The number of hydrogen-bond donors (Lipinski definition) is 3. The molecule has 165 valence electrons. The zero-order chi connectivity index (χ0) is 22.1. The molecule has 1 aromatic carbocycles. The maximum Gasteiger partial charge on any atom is 0.569 e. The Morgan fingerprint density at radius 1 is 1.37 bits per heavy atom. The van der Waals surface area contributed by atoms with Crippen molar-refractivity contribution in [3.63, 3.8) is 0 Å². The van der Waals surface area contributed by atoms with E-state index in [9.17, 15) is 5.02 Å². The van der Waals surface area contributed by atoms with Crippen molar-refractivity contribution in [2.45, 2.75) is 58.8 Å². The normalized spacial score (nSPS) is 17.0. The number of rotatable bonds is 11. The van der Waals surface area contributed by atoms with E-state index in [0.717, 1.165) is 63.5 Å². The number of aliphatic imine (C=N–C) groups is 1. The van der Waals surface area contributed by atoms with Crippen LogP contribution in [0, 0.1) is 12.8 Å². The van der Waals surface area contributed by atoms with Crippen LogP contribution in [0.1, 0.15) is 62.1 Å². The van der Waals surface area contributed by atoms with Crippen LogP contribution in [0.15, 0.2) is 29.4 Å². The first kappa shape index (κ1) is 24.3. The van der Waals surface area contributed by atoms with Crippen molar-refractivity contribution in [2.75, 3.05) is 26.2 Å². The molecule has 0 amide bonds. The predicted octanol–water partition coefficient (Wildman–Crippen LogP) is 2.89. The first-order valence-corrected chi connectivity index (χ1v) is 11.0. The molecule has 1 radical (unpaired) electrons. The number of amidine groups is 1. The highest BCUT2D eigenvalue weighted by atomic mass is 16.5. The van der Waals surface area contributed by atoms with E-state index in [4.69, 9.17) is 16.1 Å². The standard InChI is InChI=1S/C23H38BN4O2/c1-5-16(2)21-7-6-20(18(4)23(21)30-24-29)14-19-8-11-28(12-9-19)13-10-22(26)27-15-17(3)25/h6-7,16,19,29H,3,5,8-15,25H2,1-2,4H3,(H2,26,27)/t16-/m1/s1. The van der Waals surface area contributed by atoms with Crippen LogP contribution in [-0.4, -0.2) is 49.6 Å². The van der Waals surface area contributed by atoms with Crippen molar-refractivity contribution in [2.24, 2.45) is 22.4 Å². The fraction of sp³-hybridized carbons (Fsp3) is 0.609. The molecular weight excluding hydrogens is 375 g/mol. The fourth-order valence-electron chi connectivity index (χ4n) is 4.07. The maximum absolute atomic E-state index is 9.23. The van der Waals surface area contributed by atoms with Gasteiger partial charge in [0.05, 0.1) is 12.4 Å². The molecule has 0 saturated carbocycles. The van der Waals surface area contributed by atoms with Gasteiger partial charge in [-0.15, -0.1) is 0 Å². The van der Waals surface area contributed by atoms with Gasteiger partial charge >= 0.3 is 7.69 Å². The molecule has 1 aliphatic heterocycles. The average Bonchev–Trinajstić information content (AvgIpc) is 2.74. The summed E-state index contributed by atoms with van der Waals surface area (Å²) in [6, 6.07) is 4.42. The van der Waals surface area contributed by atoms with Gasteiger partial charge in [0.1, 0.15) is 5.75 Å². The minimum atomic E-state index is 0.398. The number of hydrogen-bond acceptors (Lipinski definition) is 5. The summed E-state index contributed by atoms with van der Waals surface area (Å²) in [5, 5.41) is 9.23. The number of nitrogens with two attached hydrogens (primary N) is 2. The van der Waals surface area contributed by atoms with Crippen LogP contribution in [0.5, 0.6) is 5.75 Å². The molecule has 0 spiro atoms. The van der Waals surface area contributed by atoms with E-state index in [-0.39, 0.29) is 0 Å². The van der Waals surface area contributed by atoms with Gasteiger partial charge in [-0.1, -0.05) is 32.6 Å². The van der Waals surface area contributed by atoms with Gasteiger partial charge in [0.15, 0.2) is 0 Å². The Hall–Kier alpha value is -1.99. The van der Waals surface area contributed by atoms with Gasteiger partial charge in [0, 0.05) is 18.7 Å². The van der Waals surface area contributed by atoms with Crippen molar-refractivity contribution < 1.29 is 9.68 Å². The summed E-state index contributed by atoms with van der Waals surface area (Å²) in [5.41, 5.74) is 15.7. The molecule has 0 aliphatic carbocycles. The first-order valence-electron chi connectivity index (χ1n) is 11.0. The third kappa shape index (κ3) is 7.06. The quantitative estimate of drug-likeness (QED) is 0.295. The topological polar surface area (TPSA) is 97.1 Å². The second kappa shape index (κ2) is 12.0. The Morgan fingerprint density at radius 2 is 2.07 bits per heavy atom. The lowest BCUT2D eigenvalue weighted by atomic mass is 9.86. The van der Waals surface area contributed by atoms with Crippen LogP contribution in [0.2, 0.25) is 0 Å². The van der Waals surface area contributed by atoms with Crippen molar-refractivity contribution in [3.05, 3.63) is 41.1 Å². The molecule has 1 aromatic rings. The predicted molar refractivity (Wildman–Crippen MR) is 126 cm³/mol. The third-order valence-corrected chi connectivity index (χ3v) is 6.25. The minimum absolute atomic E-state index is 0.398. The molecular formula is C23H38BN4O2. The second-order valence-electron chi connectivity index (χ2n) is 8.51. The largest absolute Gasteiger partial charge is 0.569 e. The molecule has 1 aliphatic rings. The molecule has 5 N–H and O–H groups in total. The molecule has 1 saturated heterocycles. The van der Waals surface area contributed by atoms with Crippen molar-refractivity contribution in [1.29, 1.82) is 0 Å². The molecule has 1 atom stereocenters. The molecule has 1 fully saturated rings. The SMILES string of the molecule is C=C(N)CN=C(N)CCN1CCC(Cc2ccc([C@H](C)CC)c(O[B]O)c2C)CC1. The van der Waals surface area contributed by atoms with Crippen LogP contribution in [0.4, 0.5) is 0 Å². The lowest BCUT2D eigenvalue weighted by Crippen LogP contribution is -2.36. The van der Waals surface area contributed by atoms with Gasteiger partial charge in [0.25, 0.3) is 0 Å². The molecule has 0 aromatic heterocycles. The Labute approximate surface area is 182 Å². The van der Waals surface area contributed by atoms with Crippen LogP contribution in [-0.2, 0) is 6.42 Å². The van der Waals surface area contributed by atoms with Crippen molar-refractivity contribution in [3.8, 4) is 5.75 Å². The summed E-state index contributed by atoms with van der Waals surface area (Å²) >= 11 is 0. The molecule has 0 unspecified atom stereocenters. The van der Waals surface area contributed by atoms with Crippen LogP contribution >= 0.6 is 0 Å². The highest BCUT2D eigenvalue weighted by molar-refractivity contribution is 6.17. The lowest BCUT2D eigenvalue weighted by molar-refractivity contribution is 0.188. The summed E-state index contributed by atoms with van der Waals surface area (Å²) in [4.78, 5) is 6.71. The van der Waals surface area contributed by atoms with E-state index in [1.807, 2.05) is 0 Å². The summed E-state index contributed by atoms with van der Waals surface area (Å²) in [7, 11) is 0.800. The molecule has 7 heteroatoms. The highest BCUT2D eigenvalue weighted by Gasteiger charge is 2.22. The van der Waals surface area contributed by atoms with Crippen LogP contribution in [0.3, 0.4) is 0 Å². The van der Waals surface area contributed by atoms with Gasteiger partial charge in [-0.25, -0.2) is 0 Å². The van der Waals surface area contributed by atoms with Gasteiger partial charge in [-0.05, 0) is 74.2 Å². The zero-order valence-corrected chi connectivity index (χ0v) is 18.9. The first-order chi connectivity index (χ1) is 14.3. The third-order valence-electron chi connectivity index (χ3n) is 6.25. The maximum atomic E-state index is 9.23. The van der Waals surface area contributed by atoms with Crippen LogP contribution in [0.25, 0.3) is 0 Å². The van der Waals surface area contributed by atoms with Crippen LogP contribution < -0.4 is 16.1 Å². The lowest BCUT2D eigenvalue weighted by Gasteiger charge is -2.32. The van der Waals surface area contributed by atoms with E-state index < -0.39 is 0 Å². The van der Waals surface area contributed by atoms with E-state index in [0.29, 0.717) is 29.9 Å². The Kier molecular flexibility index (Phi) is 9.72. The summed E-state index contributed by atoms with van der Waals surface area (Å²) in [6.07, 6.45) is 5.20.